The Morgan fingerprint density at radius 1 is 1.26 bits per heavy atom. The lowest BCUT2D eigenvalue weighted by molar-refractivity contribution is -0.180. The third-order valence-electron chi connectivity index (χ3n) is 5.11. The summed E-state index contributed by atoms with van der Waals surface area (Å²) >= 11 is 0. The zero-order valence-electron chi connectivity index (χ0n) is 13.2. The number of ether oxygens (including phenoxy) is 2. The number of aliphatic hydroxyl groups is 1. The van der Waals surface area contributed by atoms with E-state index in [2.05, 4.69) is 0 Å². The lowest BCUT2D eigenvalue weighted by Crippen LogP contribution is -2.55. The molecule has 3 heterocycles. The molecular weight excluding hydrogens is 299 g/mol. The van der Waals surface area contributed by atoms with Gasteiger partial charge in [0.05, 0.1) is 12.7 Å². The molecule has 1 aromatic rings. The van der Waals surface area contributed by atoms with E-state index in [1.807, 2.05) is 24.3 Å². The SMILES string of the molecule is CO[C@H]1CC2CC(CO[B-]3(OCc4ccccc43)O2)[C@@H](CO)O1. The molecule has 23 heavy (non-hydrogen) atoms. The Morgan fingerprint density at radius 2 is 2.13 bits per heavy atom. The Kier molecular flexibility index (Phi) is 4.17. The molecule has 2 fully saturated rings. The maximum atomic E-state index is 9.64. The van der Waals surface area contributed by atoms with Gasteiger partial charge >= 0.3 is 6.75 Å². The van der Waals surface area contributed by atoms with Crippen molar-refractivity contribution in [1.82, 2.24) is 0 Å². The average molecular weight is 321 g/mol. The van der Waals surface area contributed by atoms with E-state index in [-0.39, 0.29) is 31.0 Å². The largest absolute Gasteiger partial charge is 0.540 e. The van der Waals surface area contributed by atoms with Crippen molar-refractivity contribution < 1.29 is 28.5 Å². The number of benzene rings is 1. The van der Waals surface area contributed by atoms with E-state index < -0.39 is 6.75 Å². The molecule has 0 amide bonds. The Hall–Kier alpha value is -0.955. The van der Waals surface area contributed by atoms with E-state index in [0.717, 1.165) is 17.4 Å². The van der Waals surface area contributed by atoms with Gasteiger partial charge in [-0.2, -0.15) is 0 Å². The summed E-state index contributed by atoms with van der Waals surface area (Å²) in [6, 6.07) is 8.03. The van der Waals surface area contributed by atoms with Gasteiger partial charge in [0.1, 0.15) is 0 Å². The van der Waals surface area contributed by atoms with E-state index >= 15 is 0 Å². The highest BCUT2D eigenvalue weighted by Crippen LogP contribution is 2.35. The summed E-state index contributed by atoms with van der Waals surface area (Å²) in [4.78, 5) is 0. The first-order valence-corrected chi connectivity index (χ1v) is 8.20. The van der Waals surface area contributed by atoms with Crippen LogP contribution < -0.4 is 5.46 Å². The molecule has 7 heteroatoms. The summed E-state index contributed by atoms with van der Waals surface area (Å²) in [6.07, 6.45) is 0.582. The van der Waals surface area contributed by atoms with Crippen molar-refractivity contribution in [1.29, 1.82) is 0 Å². The third-order valence-corrected chi connectivity index (χ3v) is 5.11. The smallest absolute Gasteiger partial charge is 0.410 e. The first-order valence-electron chi connectivity index (χ1n) is 8.20. The Bertz CT molecular complexity index is 569. The van der Waals surface area contributed by atoms with Gasteiger partial charge in [0.2, 0.25) is 0 Å². The van der Waals surface area contributed by atoms with Crippen LogP contribution >= 0.6 is 0 Å². The van der Waals surface area contributed by atoms with Gasteiger partial charge < -0.3 is 28.5 Å². The van der Waals surface area contributed by atoms with Crippen LogP contribution in [-0.4, -0.2) is 50.7 Å². The fraction of sp³-hybridized carbons (Fsp3) is 0.625. The minimum absolute atomic E-state index is 0.0575. The van der Waals surface area contributed by atoms with E-state index in [9.17, 15) is 5.11 Å². The highest BCUT2D eigenvalue weighted by atomic mass is 16.8. The summed E-state index contributed by atoms with van der Waals surface area (Å²) in [5, 5.41) is 9.64. The molecule has 1 aromatic carbocycles. The lowest BCUT2D eigenvalue weighted by Gasteiger charge is -2.40. The average Bonchev–Trinajstić information content (AvgIpc) is 2.73. The van der Waals surface area contributed by atoms with E-state index in [1.54, 1.807) is 7.11 Å². The molecule has 3 aliphatic rings. The van der Waals surface area contributed by atoms with Gasteiger partial charge in [-0.1, -0.05) is 29.8 Å². The van der Waals surface area contributed by atoms with Gasteiger partial charge in [0, 0.05) is 38.8 Å². The van der Waals surface area contributed by atoms with Crippen LogP contribution in [0.25, 0.3) is 0 Å². The summed E-state index contributed by atoms with van der Waals surface area (Å²) in [5.74, 6) is 0.0581. The zero-order valence-corrected chi connectivity index (χ0v) is 13.2. The van der Waals surface area contributed by atoms with Gasteiger partial charge in [-0.15, -0.1) is 5.46 Å². The van der Waals surface area contributed by atoms with Crippen LogP contribution in [0.15, 0.2) is 24.3 Å². The summed E-state index contributed by atoms with van der Waals surface area (Å²) < 4.78 is 29.7. The van der Waals surface area contributed by atoms with Crippen molar-refractivity contribution in [2.75, 3.05) is 20.3 Å². The molecule has 1 spiro atoms. The molecule has 5 atom stereocenters. The van der Waals surface area contributed by atoms with E-state index in [4.69, 9.17) is 23.4 Å². The van der Waals surface area contributed by atoms with Crippen molar-refractivity contribution in [3.05, 3.63) is 29.8 Å². The predicted octanol–water partition coefficient (Wildman–Crippen LogP) is 0.538. The summed E-state index contributed by atoms with van der Waals surface area (Å²) in [7, 11) is 1.61. The van der Waals surface area contributed by atoms with Gasteiger partial charge in [0.25, 0.3) is 0 Å². The number of aliphatic hydroxyl groups excluding tert-OH is 1. The monoisotopic (exact) mass is 321 g/mol. The fourth-order valence-corrected chi connectivity index (χ4v) is 3.89. The Morgan fingerprint density at radius 3 is 2.96 bits per heavy atom. The van der Waals surface area contributed by atoms with Crippen LogP contribution in [0, 0.1) is 5.92 Å². The second-order valence-electron chi connectivity index (χ2n) is 6.50. The molecule has 0 saturated carbocycles. The van der Waals surface area contributed by atoms with Crippen molar-refractivity contribution in [3.8, 4) is 0 Å². The topological polar surface area (TPSA) is 66.4 Å². The van der Waals surface area contributed by atoms with Crippen LogP contribution in [0.4, 0.5) is 0 Å². The third kappa shape index (κ3) is 2.71. The van der Waals surface area contributed by atoms with Crippen LogP contribution in [0.1, 0.15) is 18.4 Å². The highest BCUT2D eigenvalue weighted by molar-refractivity contribution is 6.76. The molecule has 4 rings (SSSR count). The van der Waals surface area contributed by atoms with Gasteiger partial charge in [0.15, 0.2) is 6.29 Å². The minimum atomic E-state index is -1.93. The maximum absolute atomic E-state index is 9.64. The number of hydrogen-bond acceptors (Lipinski definition) is 6. The molecule has 0 radical (unpaired) electrons. The minimum Gasteiger partial charge on any atom is -0.540 e. The first-order chi connectivity index (χ1) is 11.2. The Balaban J connectivity index is 1.65. The second kappa shape index (κ2) is 6.16. The lowest BCUT2D eigenvalue weighted by atomic mass is 9.69. The molecule has 1 N–H and O–H groups in total. The predicted molar refractivity (Wildman–Crippen MR) is 82.9 cm³/mol. The fourth-order valence-electron chi connectivity index (χ4n) is 3.89. The summed E-state index contributed by atoms with van der Waals surface area (Å²) in [5.41, 5.74) is 2.11. The number of fused-ring (bicyclic) bond motifs is 4. The Labute approximate surface area is 135 Å². The molecule has 2 saturated heterocycles. The van der Waals surface area contributed by atoms with Crippen molar-refractivity contribution in [2.45, 2.75) is 37.9 Å². The molecular formula is C16H22BO6-. The van der Waals surface area contributed by atoms with Crippen molar-refractivity contribution in [2.24, 2.45) is 5.92 Å². The van der Waals surface area contributed by atoms with Crippen molar-refractivity contribution in [3.63, 3.8) is 0 Å². The molecule has 2 bridgehead atoms. The van der Waals surface area contributed by atoms with E-state index in [1.165, 1.54) is 0 Å². The molecule has 126 valence electrons. The number of methoxy groups -OCH3 is 1. The second-order valence-corrected chi connectivity index (χ2v) is 6.50. The summed E-state index contributed by atoms with van der Waals surface area (Å²) in [6.45, 7) is -1.04. The van der Waals surface area contributed by atoms with Crippen LogP contribution in [0.5, 0.6) is 0 Å². The molecule has 0 aromatic heterocycles. The first kappa shape index (κ1) is 15.6. The maximum Gasteiger partial charge on any atom is 0.410 e. The zero-order chi connectivity index (χ0) is 15.9. The standard InChI is InChI=1S/C16H22BO6/c1-19-16-7-13-6-12(15(8-18)22-16)10-21-17(23-13)14-5-3-2-4-11(14)9-20-17/h2-5,12-13,15-16,18H,6-10H2,1H3/q-1/t12?,13?,15-,16-,17?/m1/s1. The van der Waals surface area contributed by atoms with E-state index in [0.29, 0.717) is 19.6 Å². The van der Waals surface area contributed by atoms with Gasteiger partial charge in [-0.05, 0) is 6.42 Å². The van der Waals surface area contributed by atoms with Crippen molar-refractivity contribution >= 4 is 12.2 Å². The van der Waals surface area contributed by atoms with Gasteiger partial charge in [-0.25, -0.2) is 0 Å². The molecule has 0 aliphatic carbocycles. The molecule has 6 nitrogen and oxygen atoms in total. The highest BCUT2D eigenvalue weighted by Gasteiger charge is 2.45. The van der Waals surface area contributed by atoms with Crippen LogP contribution in [0.2, 0.25) is 0 Å². The van der Waals surface area contributed by atoms with Crippen LogP contribution in [-0.2, 0) is 30.0 Å². The molecule has 3 unspecified atom stereocenters. The molecule has 3 aliphatic heterocycles. The quantitative estimate of drug-likeness (QED) is 0.802. The number of rotatable bonds is 2. The normalized spacial score (nSPS) is 39.7. The number of hydrogen-bond donors (Lipinski definition) is 1. The van der Waals surface area contributed by atoms with Gasteiger partial charge in [-0.3, -0.25) is 0 Å². The van der Waals surface area contributed by atoms with Crippen LogP contribution in [0.3, 0.4) is 0 Å².